The van der Waals surface area contributed by atoms with Gasteiger partial charge in [-0.1, -0.05) is 117 Å². The van der Waals surface area contributed by atoms with Crippen molar-refractivity contribution in [2.45, 2.75) is 19.3 Å². The predicted octanol–water partition coefficient (Wildman–Crippen LogP) is 11.5. The lowest BCUT2D eigenvalue weighted by Gasteiger charge is -2.21. The van der Waals surface area contributed by atoms with Crippen molar-refractivity contribution < 1.29 is 0 Å². The summed E-state index contributed by atoms with van der Waals surface area (Å²) in [7, 11) is 0. The van der Waals surface area contributed by atoms with E-state index in [2.05, 4.69) is 170 Å². The number of pyridine rings is 1. The summed E-state index contributed by atoms with van der Waals surface area (Å²) < 4.78 is 2.33. The number of rotatable bonds is 4. The highest BCUT2D eigenvalue weighted by Gasteiger charge is 2.36. The van der Waals surface area contributed by atoms with E-state index in [1.54, 1.807) is 0 Å². The van der Waals surface area contributed by atoms with E-state index in [1.807, 2.05) is 6.20 Å². The zero-order chi connectivity index (χ0) is 30.8. The monoisotopic (exact) mass is 588 g/mol. The summed E-state index contributed by atoms with van der Waals surface area (Å²) in [6, 6.07) is 54.8. The summed E-state index contributed by atoms with van der Waals surface area (Å²) in [6.07, 6.45) is 2.03. The summed E-state index contributed by atoms with van der Waals surface area (Å²) in [5.41, 5.74) is 14.8. The summed E-state index contributed by atoms with van der Waals surface area (Å²) in [5.74, 6) is 0.919. The smallest absolute Gasteiger partial charge is 0.137 e. The molecule has 218 valence electrons. The number of nitrogens with zero attached hydrogens (tertiary/aromatic N) is 2. The van der Waals surface area contributed by atoms with Gasteiger partial charge < -0.3 is 0 Å². The molecular formula is C44H32N2. The van der Waals surface area contributed by atoms with Gasteiger partial charge in [0.2, 0.25) is 0 Å². The molecule has 0 saturated heterocycles. The molecule has 1 aliphatic carbocycles. The Labute approximate surface area is 269 Å². The molecule has 0 spiro atoms. The largest absolute Gasteiger partial charge is 0.294 e. The van der Waals surface area contributed by atoms with Crippen LogP contribution in [0.2, 0.25) is 0 Å². The number of para-hydroxylation sites is 1. The van der Waals surface area contributed by atoms with Crippen LogP contribution in [0.3, 0.4) is 0 Å². The van der Waals surface area contributed by atoms with Crippen molar-refractivity contribution in [1.82, 2.24) is 9.55 Å². The second-order valence-corrected chi connectivity index (χ2v) is 12.9. The molecule has 0 unspecified atom stereocenters. The minimum absolute atomic E-state index is 0.0455. The number of aromatic nitrogens is 2. The summed E-state index contributed by atoms with van der Waals surface area (Å²) in [4.78, 5) is 5.13. The van der Waals surface area contributed by atoms with Crippen LogP contribution in [0, 0.1) is 0 Å². The fraction of sp³-hybridized carbons (Fsp3) is 0.0682. The van der Waals surface area contributed by atoms with Crippen LogP contribution < -0.4 is 0 Å². The van der Waals surface area contributed by atoms with Gasteiger partial charge in [0.15, 0.2) is 0 Å². The Morgan fingerprint density at radius 2 is 1.04 bits per heavy atom. The molecule has 1 aliphatic rings. The molecule has 0 N–H and O–H groups in total. The standard InChI is InChI=1S/C44H32N2/c1-44(2)39-19-11-9-17-35(39)37-27-42-38(26-40(37)44)36-18-10-12-20-41(36)46(42)43-22-21-31(28-45-43)34-24-32(29-13-5-3-6-14-29)23-33(25-34)30-15-7-4-8-16-30/h3-28H,1-2H3. The van der Waals surface area contributed by atoms with Gasteiger partial charge in [0.1, 0.15) is 5.82 Å². The normalized spacial score (nSPS) is 13.2. The van der Waals surface area contributed by atoms with Crippen LogP contribution in [-0.4, -0.2) is 9.55 Å². The van der Waals surface area contributed by atoms with Crippen LogP contribution >= 0.6 is 0 Å². The maximum Gasteiger partial charge on any atom is 0.137 e. The third-order valence-electron chi connectivity index (χ3n) is 9.83. The first-order chi connectivity index (χ1) is 22.6. The maximum atomic E-state index is 5.13. The molecule has 0 radical (unpaired) electrons. The SMILES string of the molecule is CC1(C)c2ccccc2-c2cc3c(cc21)c1ccccc1n3-c1ccc(-c2cc(-c3ccccc3)cc(-c3ccccc3)c2)cn1. The molecule has 2 nitrogen and oxygen atoms in total. The molecule has 0 aliphatic heterocycles. The van der Waals surface area contributed by atoms with Gasteiger partial charge in [-0.05, 0) is 98.6 Å². The van der Waals surface area contributed by atoms with Gasteiger partial charge >= 0.3 is 0 Å². The van der Waals surface area contributed by atoms with Crippen molar-refractivity contribution in [3.05, 3.63) is 169 Å². The van der Waals surface area contributed by atoms with Gasteiger partial charge in [-0.3, -0.25) is 4.57 Å². The number of hydrogen-bond acceptors (Lipinski definition) is 1. The lowest BCUT2D eigenvalue weighted by atomic mass is 9.82. The third-order valence-corrected chi connectivity index (χ3v) is 9.83. The van der Waals surface area contributed by atoms with Crippen LogP contribution in [0.15, 0.2) is 158 Å². The lowest BCUT2D eigenvalue weighted by Crippen LogP contribution is -2.14. The first-order valence-corrected chi connectivity index (χ1v) is 16.0. The topological polar surface area (TPSA) is 17.8 Å². The molecule has 2 heterocycles. The first kappa shape index (κ1) is 26.7. The fourth-order valence-electron chi connectivity index (χ4n) is 7.49. The highest BCUT2D eigenvalue weighted by Crippen LogP contribution is 2.50. The molecule has 6 aromatic carbocycles. The molecule has 0 bridgehead atoms. The molecular weight excluding hydrogens is 556 g/mol. The Kier molecular flexibility index (Phi) is 5.88. The Morgan fingerprint density at radius 1 is 0.435 bits per heavy atom. The zero-order valence-corrected chi connectivity index (χ0v) is 25.9. The van der Waals surface area contributed by atoms with Gasteiger partial charge in [-0.25, -0.2) is 4.98 Å². The van der Waals surface area contributed by atoms with E-state index in [4.69, 9.17) is 4.98 Å². The van der Waals surface area contributed by atoms with Crippen molar-refractivity contribution in [2.24, 2.45) is 0 Å². The Bertz CT molecular complexity index is 2360. The molecule has 0 amide bonds. The van der Waals surface area contributed by atoms with Crippen LogP contribution in [-0.2, 0) is 5.41 Å². The van der Waals surface area contributed by atoms with Crippen LogP contribution in [0.25, 0.3) is 72.1 Å². The summed E-state index contributed by atoms with van der Waals surface area (Å²) >= 11 is 0. The van der Waals surface area contributed by atoms with E-state index in [0.29, 0.717) is 0 Å². The van der Waals surface area contributed by atoms with E-state index in [1.165, 1.54) is 66.3 Å². The van der Waals surface area contributed by atoms with Crippen molar-refractivity contribution in [1.29, 1.82) is 0 Å². The van der Waals surface area contributed by atoms with E-state index >= 15 is 0 Å². The molecule has 0 fully saturated rings. The van der Waals surface area contributed by atoms with E-state index in [9.17, 15) is 0 Å². The molecule has 46 heavy (non-hydrogen) atoms. The van der Waals surface area contributed by atoms with E-state index in [-0.39, 0.29) is 5.41 Å². The number of benzene rings is 6. The number of hydrogen-bond donors (Lipinski definition) is 0. The minimum Gasteiger partial charge on any atom is -0.294 e. The van der Waals surface area contributed by atoms with E-state index < -0.39 is 0 Å². The van der Waals surface area contributed by atoms with Gasteiger partial charge in [0, 0.05) is 27.9 Å². The molecule has 0 atom stereocenters. The number of fused-ring (bicyclic) bond motifs is 6. The van der Waals surface area contributed by atoms with Crippen LogP contribution in [0.4, 0.5) is 0 Å². The lowest BCUT2D eigenvalue weighted by molar-refractivity contribution is 0.661. The van der Waals surface area contributed by atoms with Crippen molar-refractivity contribution >= 4 is 21.8 Å². The van der Waals surface area contributed by atoms with Crippen LogP contribution in [0.5, 0.6) is 0 Å². The summed E-state index contributed by atoms with van der Waals surface area (Å²) in [5, 5.41) is 2.52. The van der Waals surface area contributed by atoms with Gasteiger partial charge in [0.25, 0.3) is 0 Å². The van der Waals surface area contributed by atoms with Crippen molar-refractivity contribution in [3.8, 4) is 50.3 Å². The van der Waals surface area contributed by atoms with E-state index in [0.717, 1.165) is 16.9 Å². The fourth-order valence-corrected chi connectivity index (χ4v) is 7.49. The molecule has 2 heteroatoms. The Balaban J connectivity index is 1.21. The zero-order valence-electron chi connectivity index (χ0n) is 25.9. The van der Waals surface area contributed by atoms with Crippen molar-refractivity contribution in [2.75, 3.05) is 0 Å². The quantitative estimate of drug-likeness (QED) is 0.200. The molecule has 2 aromatic heterocycles. The predicted molar refractivity (Wildman–Crippen MR) is 192 cm³/mol. The molecule has 9 rings (SSSR count). The van der Waals surface area contributed by atoms with Gasteiger partial charge in [-0.15, -0.1) is 0 Å². The Morgan fingerprint density at radius 3 is 1.72 bits per heavy atom. The maximum absolute atomic E-state index is 5.13. The average molecular weight is 589 g/mol. The Hall–Kier alpha value is -5.73. The van der Waals surface area contributed by atoms with Gasteiger partial charge in [-0.2, -0.15) is 0 Å². The highest BCUT2D eigenvalue weighted by atomic mass is 15.1. The van der Waals surface area contributed by atoms with Crippen LogP contribution in [0.1, 0.15) is 25.0 Å². The molecule has 0 saturated carbocycles. The molecule has 8 aromatic rings. The minimum atomic E-state index is -0.0455. The van der Waals surface area contributed by atoms with Gasteiger partial charge in [0.05, 0.1) is 11.0 Å². The van der Waals surface area contributed by atoms with Crippen molar-refractivity contribution in [3.63, 3.8) is 0 Å². The third kappa shape index (κ3) is 4.07. The highest BCUT2D eigenvalue weighted by molar-refractivity contribution is 6.11. The second kappa shape index (κ2) is 10.2. The first-order valence-electron chi connectivity index (χ1n) is 16.0. The average Bonchev–Trinajstić information content (AvgIpc) is 3.56. The second-order valence-electron chi connectivity index (χ2n) is 12.9. The summed E-state index contributed by atoms with van der Waals surface area (Å²) in [6.45, 7) is 4.69.